The molecule has 0 bridgehead atoms. The molecule has 0 aromatic carbocycles. The minimum atomic E-state index is -0.370. The number of ether oxygens (including phenoxy) is 1. The number of nitrogens with one attached hydrogen (secondary N) is 2. The maximum absolute atomic E-state index is 11.9. The first kappa shape index (κ1) is 17.3. The average Bonchev–Trinajstić information content (AvgIpc) is 2.44. The number of esters is 1. The van der Waals surface area contributed by atoms with E-state index in [9.17, 15) is 14.4 Å². The average molecular weight is 299 g/mol. The van der Waals surface area contributed by atoms with Crippen molar-refractivity contribution < 1.29 is 19.1 Å². The van der Waals surface area contributed by atoms with Crippen LogP contribution in [0, 0.1) is 0 Å². The topological polar surface area (TPSA) is 87.7 Å². The number of methoxy groups -OCH3 is 1. The lowest BCUT2D eigenvalue weighted by atomic mass is 10.0. The van der Waals surface area contributed by atoms with Crippen LogP contribution in [0.5, 0.6) is 0 Å². The molecule has 1 fully saturated rings. The van der Waals surface area contributed by atoms with Crippen LogP contribution < -0.4 is 10.6 Å². The van der Waals surface area contributed by atoms with Crippen LogP contribution >= 0.6 is 0 Å². The van der Waals surface area contributed by atoms with Crippen LogP contribution in [0.15, 0.2) is 0 Å². The minimum Gasteiger partial charge on any atom is -0.469 e. The van der Waals surface area contributed by atoms with Gasteiger partial charge in [-0.15, -0.1) is 0 Å². The Labute approximate surface area is 125 Å². The summed E-state index contributed by atoms with van der Waals surface area (Å²) in [5.41, 5.74) is 0. The fraction of sp³-hybridized carbons (Fsp3) is 0.786. The molecule has 1 rings (SSSR count). The van der Waals surface area contributed by atoms with Gasteiger partial charge in [-0.3, -0.25) is 9.59 Å². The molecule has 2 N–H and O–H groups in total. The first-order valence-corrected chi connectivity index (χ1v) is 7.34. The normalized spacial score (nSPS) is 15.7. The van der Waals surface area contributed by atoms with Gasteiger partial charge >= 0.3 is 12.0 Å². The second-order valence-electron chi connectivity index (χ2n) is 5.50. The van der Waals surface area contributed by atoms with Crippen molar-refractivity contribution in [1.29, 1.82) is 0 Å². The SMILES string of the molecule is COC(=O)CCC(=O)N1CCC(NC(=O)NC(C)C)CC1. The quantitative estimate of drug-likeness (QED) is 0.729. The highest BCUT2D eigenvalue weighted by molar-refractivity contribution is 5.81. The second-order valence-corrected chi connectivity index (χ2v) is 5.50. The monoisotopic (exact) mass is 299 g/mol. The van der Waals surface area contributed by atoms with Gasteiger partial charge in [-0.05, 0) is 26.7 Å². The number of hydrogen-bond donors (Lipinski definition) is 2. The predicted molar refractivity (Wildman–Crippen MR) is 77.7 cm³/mol. The third kappa shape index (κ3) is 6.46. The second kappa shape index (κ2) is 8.49. The zero-order valence-corrected chi connectivity index (χ0v) is 13.0. The van der Waals surface area contributed by atoms with Gasteiger partial charge in [-0.25, -0.2) is 4.79 Å². The Balaban J connectivity index is 2.26. The van der Waals surface area contributed by atoms with E-state index >= 15 is 0 Å². The number of piperidine rings is 1. The maximum atomic E-state index is 11.9. The van der Waals surface area contributed by atoms with Crippen molar-refractivity contribution in [3.05, 3.63) is 0 Å². The Hall–Kier alpha value is -1.79. The summed E-state index contributed by atoms with van der Waals surface area (Å²) in [5, 5.41) is 5.69. The molecule has 0 aromatic rings. The van der Waals surface area contributed by atoms with Crippen LogP contribution in [-0.2, 0) is 14.3 Å². The molecule has 0 spiro atoms. The first-order chi connectivity index (χ1) is 9.92. The molecule has 120 valence electrons. The lowest BCUT2D eigenvalue weighted by molar-refractivity contribution is -0.143. The van der Waals surface area contributed by atoms with Crippen LogP contribution in [0.25, 0.3) is 0 Å². The van der Waals surface area contributed by atoms with Gasteiger partial charge in [0.1, 0.15) is 0 Å². The van der Waals surface area contributed by atoms with Crippen LogP contribution in [0.1, 0.15) is 39.5 Å². The number of rotatable bonds is 5. The molecule has 0 unspecified atom stereocenters. The van der Waals surface area contributed by atoms with Crippen molar-refractivity contribution in [3.8, 4) is 0 Å². The molecule has 1 aliphatic heterocycles. The molecule has 7 heteroatoms. The molecular formula is C14H25N3O4. The van der Waals surface area contributed by atoms with Crippen molar-refractivity contribution in [1.82, 2.24) is 15.5 Å². The molecule has 0 aromatic heterocycles. The van der Waals surface area contributed by atoms with Crippen molar-refractivity contribution >= 4 is 17.9 Å². The van der Waals surface area contributed by atoms with Gasteiger partial charge < -0.3 is 20.3 Å². The number of carbonyl (C=O) groups excluding carboxylic acids is 3. The summed E-state index contributed by atoms with van der Waals surface area (Å²) in [6, 6.07) is 0.0267. The highest BCUT2D eigenvalue weighted by atomic mass is 16.5. The van der Waals surface area contributed by atoms with Crippen molar-refractivity contribution in [2.24, 2.45) is 0 Å². The zero-order valence-electron chi connectivity index (χ0n) is 13.0. The molecule has 3 amide bonds. The summed E-state index contributed by atoms with van der Waals surface area (Å²) in [6.07, 6.45) is 1.76. The fourth-order valence-electron chi connectivity index (χ4n) is 2.23. The summed E-state index contributed by atoms with van der Waals surface area (Å²) < 4.78 is 4.52. The van der Waals surface area contributed by atoms with E-state index in [2.05, 4.69) is 15.4 Å². The first-order valence-electron chi connectivity index (χ1n) is 7.34. The zero-order chi connectivity index (χ0) is 15.8. The Morgan fingerprint density at radius 3 is 2.33 bits per heavy atom. The lowest BCUT2D eigenvalue weighted by Gasteiger charge is -2.32. The Morgan fingerprint density at radius 1 is 1.19 bits per heavy atom. The summed E-state index contributed by atoms with van der Waals surface area (Å²) in [6.45, 7) is 5.02. The molecular weight excluding hydrogens is 274 g/mol. The van der Waals surface area contributed by atoms with Gasteiger partial charge in [-0.1, -0.05) is 0 Å². The molecule has 21 heavy (non-hydrogen) atoms. The summed E-state index contributed by atoms with van der Waals surface area (Å²) in [4.78, 5) is 36.3. The van der Waals surface area contributed by atoms with Crippen LogP contribution in [0.3, 0.4) is 0 Å². The van der Waals surface area contributed by atoms with E-state index in [4.69, 9.17) is 0 Å². The molecule has 0 radical (unpaired) electrons. The van der Waals surface area contributed by atoms with Crippen LogP contribution in [-0.4, -0.2) is 55.1 Å². The van der Waals surface area contributed by atoms with Gasteiger partial charge in [0.05, 0.1) is 13.5 Å². The molecule has 0 saturated carbocycles. The summed E-state index contributed by atoms with van der Waals surface area (Å²) in [7, 11) is 1.31. The number of amides is 3. The van der Waals surface area contributed by atoms with Gasteiger partial charge in [-0.2, -0.15) is 0 Å². The molecule has 0 aliphatic carbocycles. The maximum Gasteiger partial charge on any atom is 0.315 e. The molecule has 7 nitrogen and oxygen atoms in total. The van der Waals surface area contributed by atoms with Crippen LogP contribution in [0.2, 0.25) is 0 Å². The summed E-state index contributed by atoms with van der Waals surface area (Å²) in [5.74, 6) is -0.407. The van der Waals surface area contributed by atoms with E-state index in [1.165, 1.54) is 7.11 Å². The van der Waals surface area contributed by atoms with Crippen molar-refractivity contribution in [3.63, 3.8) is 0 Å². The van der Waals surface area contributed by atoms with E-state index in [0.717, 1.165) is 12.8 Å². The Bertz CT molecular complexity index is 376. The fourth-order valence-corrected chi connectivity index (χ4v) is 2.23. The van der Waals surface area contributed by atoms with E-state index in [-0.39, 0.29) is 42.8 Å². The van der Waals surface area contributed by atoms with Gasteiger partial charge in [0, 0.05) is 31.6 Å². The van der Waals surface area contributed by atoms with Crippen molar-refractivity contribution in [2.75, 3.05) is 20.2 Å². The predicted octanol–water partition coefficient (Wildman–Crippen LogP) is 0.638. The third-order valence-electron chi connectivity index (χ3n) is 3.37. The van der Waals surface area contributed by atoms with Crippen LogP contribution in [0.4, 0.5) is 4.79 Å². The minimum absolute atomic E-state index is 0.0366. The molecule has 0 atom stereocenters. The van der Waals surface area contributed by atoms with Crippen molar-refractivity contribution in [2.45, 2.75) is 51.6 Å². The third-order valence-corrected chi connectivity index (χ3v) is 3.37. The summed E-state index contributed by atoms with van der Waals surface area (Å²) >= 11 is 0. The van der Waals surface area contributed by atoms with Gasteiger partial charge in [0.15, 0.2) is 0 Å². The van der Waals surface area contributed by atoms with E-state index in [1.807, 2.05) is 13.8 Å². The lowest BCUT2D eigenvalue weighted by Crippen LogP contribution is -2.50. The molecule has 1 aliphatic rings. The van der Waals surface area contributed by atoms with Gasteiger partial charge in [0.25, 0.3) is 0 Å². The number of likely N-dealkylation sites (tertiary alicyclic amines) is 1. The largest absolute Gasteiger partial charge is 0.469 e. The number of nitrogens with zero attached hydrogens (tertiary/aromatic N) is 1. The van der Waals surface area contributed by atoms with E-state index < -0.39 is 0 Å². The van der Waals surface area contributed by atoms with E-state index in [1.54, 1.807) is 4.90 Å². The molecule has 1 heterocycles. The smallest absolute Gasteiger partial charge is 0.315 e. The Kier molecular flexibility index (Phi) is 6.98. The highest BCUT2D eigenvalue weighted by Crippen LogP contribution is 2.12. The molecule has 1 saturated heterocycles. The number of hydrogen-bond acceptors (Lipinski definition) is 4. The number of urea groups is 1. The van der Waals surface area contributed by atoms with E-state index in [0.29, 0.717) is 13.1 Å². The van der Waals surface area contributed by atoms with Gasteiger partial charge in [0.2, 0.25) is 5.91 Å². The number of carbonyl (C=O) groups is 3. The highest BCUT2D eigenvalue weighted by Gasteiger charge is 2.24. The standard InChI is InChI=1S/C14H25N3O4/c1-10(2)15-14(20)16-11-6-8-17(9-7-11)12(18)4-5-13(19)21-3/h10-11H,4-9H2,1-3H3,(H2,15,16,20). The Morgan fingerprint density at radius 2 is 1.81 bits per heavy atom.